The number of anilines is 2. The van der Waals surface area contributed by atoms with Gasteiger partial charge in [0, 0.05) is 29.5 Å². The lowest BCUT2D eigenvalue weighted by Crippen LogP contribution is -2.30. The van der Waals surface area contributed by atoms with Crippen LogP contribution in [0.15, 0.2) is 36.4 Å². The fourth-order valence-corrected chi connectivity index (χ4v) is 2.61. The van der Waals surface area contributed by atoms with Gasteiger partial charge in [0.05, 0.1) is 0 Å². The van der Waals surface area contributed by atoms with E-state index in [9.17, 15) is 4.79 Å². The monoisotopic (exact) mass is 301 g/mol. The van der Waals surface area contributed by atoms with Crippen LogP contribution in [-0.2, 0) is 13.1 Å². The first-order chi connectivity index (χ1) is 10.0. The normalized spacial score (nSPS) is 13.1. The number of aryl methyl sites for hydroxylation is 1. The maximum absolute atomic E-state index is 12.3. The molecule has 0 aliphatic carbocycles. The van der Waals surface area contributed by atoms with Gasteiger partial charge in [0.25, 0.3) is 0 Å². The van der Waals surface area contributed by atoms with E-state index in [1.54, 1.807) is 11.0 Å². The summed E-state index contributed by atoms with van der Waals surface area (Å²) in [5, 5.41) is 3.52. The van der Waals surface area contributed by atoms with Crippen LogP contribution in [0.25, 0.3) is 0 Å². The molecule has 0 fully saturated rings. The van der Waals surface area contributed by atoms with Gasteiger partial charge in [-0.05, 0) is 47.9 Å². The number of amides is 2. The quantitative estimate of drug-likeness (QED) is 0.788. The summed E-state index contributed by atoms with van der Waals surface area (Å²) in [7, 11) is 0. The molecule has 0 unspecified atom stereocenters. The minimum Gasteiger partial charge on any atom is -0.399 e. The van der Waals surface area contributed by atoms with Crippen molar-refractivity contribution in [3.8, 4) is 0 Å². The van der Waals surface area contributed by atoms with Gasteiger partial charge in [0.15, 0.2) is 0 Å². The van der Waals surface area contributed by atoms with Gasteiger partial charge >= 0.3 is 6.03 Å². The number of nitrogens with one attached hydrogen (secondary N) is 1. The molecule has 0 radical (unpaired) electrons. The largest absolute Gasteiger partial charge is 0.399 e. The number of benzene rings is 2. The zero-order chi connectivity index (χ0) is 15.0. The van der Waals surface area contributed by atoms with Crippen molar-refractivity contribution < 1.29 is 4.79 Å². The van der Waals surface area contributed by atoms with Crippen LogP contribution in [-0.4, -0.2) is 10.9 Å². The number of carbonyl (C=O) groups excluding carboxylic acids is 1. The molecule has 0 bridgehead atoms. The highest BCUT2D eigenvalue weighted by Gasteiger charge is 2.23. The Labute approximate surface area is 128 Å². The van der Waals surface area contributed by atoms with Crippen molar-refractivity contribution in [3.05, 3.63) is 58.1 Å². The van der Waals surface area contributed by atoms with Gasteiger partial charge < -0.3 is 16.0 Å². The Hall–Kier alpha value is -2.20. The Morgan fingerprint density at radius 1 is 1.19 bits per heavy atom. The molecule has 1 aliphatic heterocycles. The third-order valence-electron chi connectivity index (χ3n) is 3.66. The molecule has 21 heavy (non-hydrogen) atoms. The molecule has 108 valence electrons. The topological polar surface area (TPSA) is 58.4 Å². The molecule has 0 aromatic heterocycles. The summed E-state index contributed by atoms with van der Waals surface area (Å²) in [6.45, 7) is 3.10. The minimum absolute atomic E-state index is 0.135. The predicted molar refractivity (Wildman–Crippen MR) is 85.3 cm³/mol. The number of fused-ring (bicyclic) bond motifs is 1. The Morgan fingerprint density at radius 2 is 1.95 bits per heavy atom. The Balaban J connectivity index is 1.71. The van der Waals surface area contributed by atoms with Crippen LogP contribution < -0.4 is 11.1 Å². The standard InChI is InChI=1S/C16H16ClN3O/c1-10-2-5-14(7-15(10)17)19-16(21)20-8-11-3-4-13(18)6-12(11)9-20/h2-7H,8-9,18H2,1H3,(H,19,21). The fraction of sp³-hybridized carbons (Fsp3) is 0.188. The van der Waals surface area contributed by atoms with Gasteiger partial charge in [-0.25, -0.2) is 4.79 Å². The van der Waals surface area contributed by atoms with E-state index < -0.39 is 0 Å². The van der Waals surface area contributed by atoms with Crippen LogP contribution in [0.4, 0.5) is 16.2 Å². The summed E-state index contributed by atoms with van der Waals surface area (Å²) in [5.74, 6) is 0. The van der Waals surface area contributed by atoms with Crippen LogP contribution in [0.5, 0.6) is 0 Å². The fourth-order valence-electron chi connectivity index (χ4n) is 2.43. The molecule has 1 heterocycles. The van der Waals surface area contributed by atoms with E-state index in [4.69, 9.17) is 17.3 Å². The first-order valence-electron chi connectivity index (χ1n) is 6.72. The van der Waals surface area contributed by atoms with Gasteiger partial charge in [-0.3, -0.25) is 0 Å². The molecular weight excluding hydrogens is 286 g/mol. The second-order valence-corrected chi connectivity index (χ2v) is 5.69. The van der Waals surface area contributed by atoms with E-state index in [0.29, 0.717) is 23.8 Å². The SMILES string of the molecule is Cc1ccc(NC(=O)N2Cc3ccc(N)cc3C2)cc1Cl. The molecule has 3 N–H and O–H groups in total. The summed E-state index contributed by atoms with van der Waals surface area (Å²) in [5.41, 5.74) is 10.4. The average molecular weight is 302 g/mol. The van der Waals surface area contributed by atoms with Crippen molar-refractivity contribution in [2.75, 3.05) is 11.1 Å². The highest BCUT2D eigenvalue weighted by atomic mass is 35.5. The number of carbonyl (C=O) groups is 1. The molecule has 5 heteroatoms. The maximum Gasteiger partial charge on any atom is 0.322 e. The molecule has 0 spiro atoms. The lowest BCUT2D eigenvalue weighted by atomic mass is 10.1. The zero-order valence-electron chi connectivity index (χ0n) is 11.7. The van der Waals surface area contributed by atoms with Gasteiger partial charge in [-0.15, -0.1) is 0 Å². The van der Waals surface area contributed by atoms with Crippen LogP contribution >= 0.6 is 11.6 Å². The Kier molecular flexibility index (Phi) is 3.47. The van der Waals surface area contributed by atoms with Crippen molar-refractivity contribution in [2.24, 2.45) is 0 Å². The number of nitrogen functional groups attached to an aromatic ring is 1. The summed E-state index contributed by atoms with van der Waals surface area (Å²) in [6.07, 6.45) is 0. The summed E-state index contributed by atoms with van der Waals surface area (Å²) in [6, 6.07) is 11.1. The van der Waals surface area contributed by atoms with Crippen molar-refractivity contribution in [1.82, 2.24) is 4.90 Å². The van der Waals surface area contributed by atoms with E-state index in [1.165, 1.54) is 0 Å². The second-order valence-electron chi connectivity index (χ2n) is 5.28. The molecule has 0 saturated heterocycles. The average Bonchev–Trinajstić information content (AvgIpc) is 2.86. The second kappa shape index (κ2) is 5.30. The van der Waals surface area contributed by atoms with E-state index in [-0.39, 0.29) is 6.03 Å². The Bertz CT molecular complexity index is 715. The van der Waals surface area contributed by atoms with Crippen molar-refractivity contribution in [1.29, 1.82) is 0 Å². The summed E-state index contributed by atoms with van der Waals surface area (Å²) < 4.78 is 0. The number of nitrogens with two attached hydrogens (primary N) is 1. The molecule has 2 aromatic rings. The van der Waals surface area contributed by atoms with Crippen molar-refractivity contribution in [3.63, 3.8) is 0 Å². The van der Waals surface area contributed by atoms with Gasteiger partial charge in [-0.2, -0.15) is 0 Å². The first kappa shape index (κ1) is 13.8. The molecule has 2 amide bonds. The van der Waals surface area contributed by atoms with E-state index in [0.717, 1.165) is 22.4 Å². The summed E-state index contributed by atoms with van der Waals surface area (Å²) >= 11 is 6.07. The molecule has 2 aromatic carbocycles. The lowest BCUT2D eigenvalue weighted by Gasteiger charge is -2.16. The highest BCUT2D eigenvalue weighted by Crippen LogP contribution is 2.26. The third-order valence-corrected chi connectivity index (χ3v) is 4.07. The number of urea groups is 1. The van der Waals surface area contributed by atoms with Crippen LogP contribution in [0, 0.1) is 6.92 Å². The maximum atomic E-state index is 12.3. The smallest absolute Gasteiger partial charge is 0.322 e. The first-order valence-corrected chi connectivity index (χ1v) is 7.10. The number of hydrogen-bond acceptors (Lipinski definition) is 2. The van der Waals surface area contributed by atoms with E-state index in [2.05, 4.69) is 5.32 Å². The third kappa shape index (κ3) is 2.81. The molecule has 1 aliphatic rings. The van der Waals surface area contributed by atoms with Crippen LogP contribution in [0.1, 0.15) is 16.7 Å². The predicted octanol–water partition coefficient (Wildman–Crippen LogP) is 3.78. The Morgan fingerprint density at radius 3 is 2.71 bits per heavy atom. The molecule has 4 nitrogen and oxygen atoms in total. The van der Waals surface area contributed by atoms with Gasteiger partial charge in [0.1, 0.15) is 0 Å². The number of rotatable bonds is 1. The molecular formula is C16H16ClN3O. The van der Waals surface area contributed by atoms with Crippen LogP contribution in [0.3, 0.4) is 0 Å². The van der Waals surface area contributed by atoms with E-state index in [1.807, 2.05) is 37.3 Å². The molecule has 0 saturated carbocycles. The van der Waals surface area contributed by atoms with Gasteiger partial charge in [-0.1, -0.05) is 23.7 Å². The molecule has 0 atom stereocenters. The van der Waals surface area contributed by atoms with Gasteiger partial charge in [0.2, 0.25) is 0 Å². The van der Waals surface area contributed by atoms with Crippen molar-refractivity contribution in [2.45, 2.75) is 20.0 Å². The molecule has 3 rings (SSSR count). The summed E-state index contributed by atoms with van der Waals surface area (Å²) in [4.78, 5) is 14.1. The highest BCUT2D eigenvalue weighted by molar-refractivity contribution is 6.31. The lowest BCUT2D eigenvalue weighted by molar-refractivity contribution is 0.212. The van der Waals surface area contributed by atoms with Crippen LogP contribution in [0.2, 0.25) is 5.02 Å². The minimum atomic E-state index is -0.135. The van der Waals surface area contributed by atoms with Crippen molar-refractivity contribution >= 4 is 29.0 Å². The number of nitrogens with zero attached hydrogens (tertiary/aromatic N) is 1. The number of halogens is 1. The van der Waals surface area contributed by atoms with E-state index >= 15 is 0 Å². The zero-order valence-corrected chi connectivity index (χ0v) is 12.4. The number of hydrogen-bond donors (Lipinski definition) is 2.